The predicted molar refractivity (Wildman–Crippen MR) is 67.4 cm³/mol. The number of benzene rings is 1. The number of rotatable bonds is 6. The van der Waals surface area contributed by atoms with Gasteiger partial charge in [0.2, 0.25) is 5.91 Å². The molecule has 1 aromatic rings. The number of nitrogens with one attached hydrogen (secondary N) is 1. The molecule has 0 saturated heterocycles. The fourth-order valence-electron chi connectivity index (χ4n) is 1.49. The monoisotopic (exact) mass is 254 g/mol. The number of carbonyl (C=O) groups excluding carboxylic acids is 1. The summed E-state index contributed by atoms with van der Waals surface area (Å²) in [5.74, 6) is -0.633. The average molecular weight is 254 g/mol. The van der Waals surface area contributed by atoms with Gasteiger partial charge in [0, 0.05) is 26.1 Å². The van der Waals surface area contributed by atoms with Gasteiger partial charge in [-0.2, -0.15) is 0 Å². The number of methoxy groups -OCH3 is 1. The summed E-state index contributed by atoms with van der Waals surface area (Å²) in [6.45, 7) is 2.40. The van der Waals surface area contributed by atoms with E-state index in [9.17, 15) is 9.18 Å². The summed E-state index contributed by atoms with van der Waals surface area (Å²) < 4.78 is 18.1. The molecule has 2 unspecified atom stereocenters. The first kappa shape index (κ1) is 14.6. The number of hydrogen-bond acceptors (Lipinski definition) is 3. The second-order valence-corrected chi connectivity index (χ2v) is 4.16. The number of halogens is 1. The van der Waals surface area contributed by atoms with Crippen molar-refractivity contribution in [3.63, 3.8) is 0 Å². The lowest BCUT2D eigenvalue weighted by atomic mass is 10.1. The van der Waals surface area contributed by atoms with Gasteiger partial charge < -0.3 is 15.8 Å². The van der Waals surface area contributed by atoms with Crippen molar-refractivity contribution < 1.29 is 13.9 Å². The minimum atomic E-state index is -0.297. The summed E-state index contributed by atoms with van der Waals surface area (Å²) >= 11 is 0. The van der Waals surface area contributed by atoms with Crippen LogP contribution in [0.5, 0.6) is 0 Å². The molecule has 0 aliphatic rings. The Hall–Kier alpha value is -1.46. The molecule has 4 nitrogen and oxygen atoms in total. The van der Waals surface area contributed by atoms with Crippen LogP contribution in [0.1, 0.15) is 18.6 Å². The number of nitrogens with two attached hydrogens (primary N) is 1. The van der Waals surface area contributed by atoms with Gasteiger partial charge in [0.1, 0.15) is 5.82 Å². The highest BCUT2D eigenvalue weighted by Gasteiger charge is 2.15. The van der Waals surface area contributed by atoms with Gasteiger partial charge in [-0.05, 0) is 17.7 Å². The number of hydrogen-bond donors (Lipinski definition) is 2. The summed E-state index contributed by atoms with van der Waals surface area (Å²) in [5, 5.41) is 2.76. The van der Waals surface area contributed by atoms with Gasteiger partial charge in [-0.3, -0.25) is 4.79 Å². The highest BCUT2D eigenvalue weighted by molar-refractivity contribution is 5.78. The zero-order valence-electron chi connectivity index (χ0n) is 10.7. The van der Waals surface area contributed by atoms with Gasteiger partial charge >= 0.3 is 0 Å². The molecule has 0 fully saturated rings. The van der Waals surface area contributed by atoms with Crippen LogP contribution in [0, 0.1) is 11.7 Å². The highest BCUT2D eigenvalue weighted by Crippen LogP contribution is 2.16. The largest absolute Gasteiger partial charge is 0.375 e. The van der Waals surface area contributed by atoms with E-state index in [2.05, 4.69) is 5.32 Å². The van der Waals surface area contributed by atoms with E-state index >= 15 is 0 Å². The third-order valence-corrected chi connectivity index (χ3v) is 2.79. The van der Waals surface area contributed by atoms with Crippen LogP contribution in [0.4, 0.5) is 4.39 Å². The molecule has 0 radical (unpaired) electrons. The van der Waals surface area contributed by atoms with E-state index in [-0.39, 0.29) is 23.7 Å². The molecule has 0 aromatic heterocycles. The molecule has 5 heteroatoms. The molecule has 0 heterocycles. The molecule has 0 aliphatic heterocycles. The zero-order valence-corrected chi connectivity index (χ0v) is 10.7. The predicted octanol–water partition coefficient (Wildman–Crippen LogP) is 1.22. The van der Waals surface area contributed by atoms with Gasteiger partial charge in [-0.1, -0.05) is 19.1 Å². The molecule has 1 aromatic carbocycles. The molecule has 18 heavy (non-hydrogen) atoms. The van der Waals surface area contributed by atoms with E-state index in [1.165, 1.54) is 12.1 Å². The van der Waals surface area contributed by atoms with Crippen molar-refractivity contribution in [3.05, 3.63) is 35.6 Å². The molecule has 0 spiro atoms. The first-order valence-corrected chi connectivity index (χ1v) is 5.84. The van der Waals surface area contributed by atoms with Gasteiger partial charge in [-0.25, -0.2) is 4.39 Å². The molecule has 0 bridgehead atoms. The fraction of sp³-hybridized carbons (Fsp3) is 0.462. The van der Waals surface area contributed by atoms with E-state index in [0.717, 1.165) is 5.56 Å². The minimum absolute atomic E-state index is 0.110. The molecular formula is C13H19FN2O2. The fourth-order valence-corrected chi connectivity index (χ4v) is 1.49. The highest BCUT2D eigenvalue weighted by atomic mass is 19.1. The third-order valence-electron chi connectivity index (χ3n) is 2.79. The lowest BCUT2D eigenvalue weighted by molar-refractivity contribution is -0.124. The van der Waals surface area contributed by atoms with Crippen molar-refractivity contribution in [2.24, 2.45) is 11.7 Å². The van der Waals surface area contributed by atoms with Crippen LogP contribution in [0.3, 0.4) is 0 Å². The van der Waals surface area contributed by atoms with E-state index in [0.29, 0.717) is 13.1 Å². The van der Waals surface area contributed by atoms with E-state index < -0.39 is 0 Å². The number of amides is 1. The standard InChI is InChI=1S/C13H19FN2O2/c1-9(7-15)13(17)16-8-12(18-2)10-3-5-11(14)6-4-10/h3-6,9,12H,7-8,15H2,1-2H3,(H,16,17). The maximum Gasteiger partial charge on any atom is 0.224 e. The van der Waals surface area contributed by atoms with Crippen molar-refractivity contribution >= 4 is 5.91 Å². The second-order valence-electron chi connectivity index (χ2n) is 4.16. The maximum atomic E-state index is 12.8. The third kappa shape index (κ3) is 4.09. The van der Waals surface area contributed by atoms with Crippen LogP contribution < -0.4 is 11.1 Å². The summed E-state index contributed by atoms with van der Waals surface area (Å²) in [4.78, 5) is 11.6. The molecule has 2 atom stereocenters. The summed E-state index contributed by atoms with van der Waals surface area (Å²) in [6, 6.07) is 6.02. The average Bonchev–Trinajstić information content (AvgIpc) is 2.40. The molecular weight excluding hydrogens is 235 g/mol. The molecule has 0 aliphatic carbocycles. The molecule has 3 N–H and O–H groups in total. The first-order chi connectivity index (χ1) is 8.58. The van der Waals surface area contributed by atoms with Crippen molar-refractivity contribution in [2.45, 2.75) is 13.0 Å². The summed E-state index contributed by atoms with van der Waals surface area (Å²) in [5.41, 5.74) is 6.22. The van der Waals surface area contributed by atoms with Crippen molar-refractivity contribution in [2.75, 3.05) is 20.2 Å². The Bertz CT molecular complexity index is 381. The number of carbonyl (C=O) groups is 1. The Kier molecular flexibility index (Phi) is 5.74. The van der Waals surface area contributed by atoms with Crippen LogP contribution in [-0.4, -0.2) is 26.1 Å². The Morgan fingerprint density at radius 1 is 1.44 bits per heavy atom. The molecule has 0 saturated carbocycles. The van der Waals surface area contributed by atoms with Crippen LogP contribution >= 0.6 is 0 Å². The van der Waals surface area contributed by atoms with Gasteiger partial charge in [0.25, 0.3) is 0 Å². The van der Waals surface area contributed by atoms with Crippen molar-refractivity contribution in [1.29, 1.82) is 0 Å². The van der Waals surface area contributed by atoms with Crippen molar-refractivity contribution in [1.82, 2.24) is 5.32 Å². The van der Waals surface area contributed by atoms with Crippen LogP contribution in [-0.2, 0) is 9.53 Å². The molecule has 100 valence electrons. The molecule has 1 amide bonds. The van der Waals surface area contributed by atoms with E-state index in [1.807, 2.05) is 0 Å². The van der Waals surface area contributed by atoms with Crippen molar-refractivity contribution in [3.8, 4) is 0 Å². The van der Waals surface area contributed by atoms with E-state index in [1.54, 1.807) is 26.2 Å². The Labute approximate surface area is 106 Å². The zero-order chi connectivity index (χ0) is 13.5. The lowest BCUT2D eigenvalue weighted by Gasteiger charge is -2.18. The molecule has 1 rings (SSSR count). The van der Waals surface area contributed by atoms with Crippen LogP contribution in [0.2, 0.25) is 0 Å². The Morgan fingerprint density at radius 2 is 2.06 bits per heavy atom. The Balaban J connectivity index is 2.57. The van der Waals surface area contributed by atoms with Gasteiger partial charge in [-0.15, -0.1) is 0 Å². The maximum absolute atomic E-state index is 12.8. The van der Waals surface area contributed by atoms with Crippen LogP contribution in [0.15, 0.2) is 24.3 Å². The SMILES string of the molecule is COC(CNC(=O)C(C)CN)c1ccc(F)cc1. The Morgan fingerprint density at radius 3 is 2.56 bits per heavy atom. The second kappa shape index (κ2) is 7.08. The first-order valence-electron chi connectivity index (χ1n) is 5.84. The smallest absolute Gasteiger partial charge is 0.224 e. The van der Waals surface area contributed by atoms with Crippen LogP contribution in [0.25, 0.3) is 0 Å². The lowest BCUT2D eigenvalue weighted by Crippen LogP contribution is -2.36. The van der Waals surface area contributed by atoms with Gasteiger partial charge in [0.15, 0.2) is 0 Å². The number of ether oxygens (including phenoxy) is 1. The summed E-state index contributed by atoms with van der Waals surface area (Å²) in [6.07, 6.45) is -0.292. The minimum Gasteiger partial charge on any atom is -0.375 e. The topological polar surface area (TPSA) is 64.3 Å². The summed E-state index contributed by atoms with van der Waals surface area (Å²) in [7, 11) is 1.55. The quantitative estimate of drug-likeness (QED) is 0.802. The van der Waals surface area contributed by atoms with Gasteiger partial charge in [0.05, 0.1) is 6.10 Å². The van der Waals surface area contributed by atoms with E-state index in [4.69, 9.17) is 10.5 Å². The normalized spacial score (nSPS) is 14.0.